The molecular formula is C34H28N2O5. The highest BCUT2D eigenvalue weighted by Gasteiger charge is 2.14. The van der Waals surface area contributed by atoms with Crippen LogP contribution in [-0.4, -0.2) is 25.2 Å². The van der Waals surface area contributed by atoms with Gasteiger partial charge in [-0.2, -0.15) is 5.10 Å². The summed E-state index contributed by atoms with van der Waals surface area (Å²) in [6.07, 6.45) is 1.48. The molecule has 0 saturated heterocycles. The van der Waals surface area contributed by atoms with Gasteiger partial charge in [0.2, 0.25) is 0 Å². The van der Waals surface area contributed by atoms with Crippen LogP contribution in [0.2, 0.25) is 0 Å². The third kappa shape index (κ3) is 6.78. The Morgan fingerprint density at radius 2 is 1.46 bits per heavy atom. The van der Waals surface area contributed by atoms with Crippen LogP contribution in [-0.2, 0) is 6.61 Å². The van der Waals surface area contributed by atoms with Crippen LogP contribution in [0.25, 0.3) is 10.8 Å². The van der Waals surface area contributed by atoms with Crippen molar-refractivity contribution in [1.82, 2.24) is 5.43 Å². The number of carbonyl (C=O) groups is 2. The van der Waals surface area contributed by atoms with Gasteiger partial charge in [0, 0.05) is 11.1 Å². The van der Waals surface area contributed by atoms with E-state index in [2.05, 4.69) is 10.5 Å². The van der Waals surface area contributed by atoms with Crippen molar-refractivity contribution in [2.75, 3.05) is 7.11 Å². The van der Waals surface area contributed by atoms with E-state index in [0.717, 1.165) is 16.3 Å². The summed E-state index contributed by atoms with van der Waals surface area (Å²) in [6, 6.07) is 32.9. The third-order valence-corrected chi connectivity index (χ3v) is 6.46. The summed E-state index contributed by atoms with van der Waals surface area (Å²) in [4.78, 5) is 25.6. The van der Waals surface area contributed by atoms with Crippen molar-refractivity contribution >= 4 is 28.9 Å². The molecule has 0 aliphatic heterocycles. The van der Waals surface area contributed by atoms with Gasteiger partial charge in [-0.05, 0) is 77.9 Å². The number of esters is 1. The van der Waals surface area contributed by atoms with E-state index >= 15 is 0 Å². The number of methoxy groups -OCH3 is 1. The number of nitrogens with one attached hydrogen (secondary N) is 1. The second-order valence-electron chi connectivity index (χ2n) is 9.31. The maximum Gasteiger partial charge on any atom is 0.343 e. The molecule has 5 rings (SSSR count). The maximum atomic E-state index is 12.8. The van der Waals surface area contributed by atoms with Crippen LogP contribution >= 0.6 is 0 Å². The summed E-state index contributed by atoms with van der Waals surface area (Å²) in [5.74, 6) is 0.706. The van der Waals surface area contributed by atoms with Gasteiger partial charge < -0.3 is 14.2 Å². The number of ether oxygens (including phenoxy) is 3. The molecule has 41 heavy (non-hydrogen) atoms. The summed E-state index contributed by atoms with van der Waals surface area (Å²) in [5, 5.41) is 5.93. The number of carbonyl (C=O) groups excluding carboxylic acids is 2. The van der Waals surface area contributed by atoms with Gasteiger partial charge >= 0.3 is 5.97 Å². The van der Waals surface area contributed by atoms with Gasteiger partial charge in [0.05, 0.1) is 18.9 Å². The highest BCUT2D eigenvalue weighted by molar-refractivity contribution is 6.04. The van der Waals surface area contributed by atoms with Crippen LogP contribution in [0.15, 0.2) is 114 Å². The number of hydrogen-bond acceptors (Lipinski definition) is 6. The zero-order chi connectivity index (χ0) is 28.6. The smallest absolute Gasteiger partial charge is 0.343 e. The van der Waals surface area contributed by atoms with Crippen LogP contribution in [0.3, 0.4) is 0 Å². The molecular weight excluding hydrogens is 516 g/mol. The maximum absolute atomic E-state index is 12.8. The molecule has 0 aromatic heterocycles. The summed E-state index contributed by atoms with van der Waals surface area (Å²) in [5.41, 5.74) is 6.17. The highest BCUT2D eigenvalue weighted by atomic mass is 16.5. The molecule has 0 fully saturated rings. The first-order valence-electron chi connectivity index (χ1n) is 13.0. The van der Waals surface area contributed by atoms with E-state index in [-0.39, 0.29) is 5.91 Å². The number of hydrazone groups is 1. The molecule has 7 nitrogen and oxygen atoms in total. The number of nitrogens with zero attached hydrogens (tertiary/aromatic N) is 1. The Bertz CT molecular complexity index is 1690. The number of amides is 1. The Balaban J connectivity index is 1.27. The molecule has 204 valence electrons. The normalized spacial score (nSPS) is 10.9. The van der Waals surface area contributed by atoms with Crippen LogP contribution in [0.5, 0.6) is 17.2 Å². The lowest BCUT2D eigenvalue weighted by Gasteiger charge is -2.11. The first-order chi connectivity index (χ1) is 20.0. The number of aryl methyl sites for hydroxylation is 1. The van der Waals surface area contributed by atoms with E-state index in [4.69, 9.17) is 14.2 Å². The molecule has 5 aromatic carbocycles. The van der Waals surface area contributed by atoms with Crippen LogP contribution < -0.4 is 19.6 Å². The Kier molecular flexibility index (Phi) is 8.35. The summed E-state index contributed by atoms with van der Waals surface area (Å²) < 4.78 is 16.7. The Morgan fingerprint density at radius 1 is 0.780 bits per heavy atom. The van der Waals surface area contributed by atoms with Gasteiger partial charge in [0.25, 0.3) is 5.91 Å². The minimum Gasteiger partial charge on any atom is -0.497 e. The van der Waals surface area contributed by atoms with E-state index in [0.29, 0.717) is 40.5 Å². The fraction of sp³-hybridized carbons (Fsp3) is 0.0882. The number of rotatable bonds is 9. The standard InChI is InChI=1S/C34H28N2O5/c1-23-7-9-24(10-8-23)22-40-29-18-11-26(12-19-29)33(37)36-35-21-31-30-6-4-3-5-25(30)15-20-32(31)41-34(38)27-13-16-28(39-2)17-14-27/h3-21H,22H2,1-2H3,(H,36,37)/b35-21+. The highest BCUT2D eigenvalue weighted by Crippen LogP contribution is 2.28. The van der Waals surface area contributed by atoms with Gasteiger partial charge in [-0.1, -0.05) is 60.2 Å². The molecule has 5 aromatic rings. The van der Waals surface area contributed by atoms with Crippen LogP contribution in [0.1, 0.15) is 37.4 Å². The summed E-state index contributed by atoms with van der Waals surface area (Å²) in [7, 11) is 1.56. The second-order valence-corrected chi connectivity index (χ2v) is 9.31. The fourth-order valence-corrected chi connectivity index (χ4v) is 4.16. The Labute approximate surface area is 238 Å². The Morgan fingerprint density at radius 3 is 2.20 bits per heavy atom. The van der Waals surface area contributed by atoms with E-state index in [1.165, 1.54) is 11.8 Å². The Hall–Kier alpha value is -5.43. The molecule has 7 heteroatoms. The van der Waals surface area contributed by atoms with E-state index in [1.807, 2.05) is 61.5 Å². The van der Waals surface area contributed by atoms with Crippen molar-refractivity contribution in [3.05, 3.63) is 137 Å². The molecule has 0 aliphatic rings. The molecule has 0 aliphatic carbocycles. The second kappa shape index (κ2) is 12.6. The predicted octanol–water partition coefficient (Wildman–Crippen LogP) is 6.72. The van der Waals surface area contributed by atoms with E-state index in [9.17, 15) is 9.59 Å². The minimum atomic E-state index is -0.522. The lowest BCUT2D eigenvalue weighted by molar-refractivity contribution is 0.0734. The van der Waals surface area contributed by atoms with Crippen molar-refractivity contribution in [3.63, 3.8) is 0 Å². The van der Waals surface area contributed by atoms with Gasteiger partial charge in [-0.15, -0.1) is 0 Å². The first kappa shape index (κ1) is 27.1. The third-order valence-electron chi connectivity index (χ3n) is 6.46. The average molecular weight is 545 g/mol. The molecule has 1 N–H and O–H groups in total. The van der Waals surface area contributed by atoms with Crippen molar-refractivity contribution in [2.45, 2.75) is 13.5 Å². The molecule has 0 unspecified atom stereocenters. The zero-order valence-electron chi connectivity index (χ0n) is 22.7. The summed E-state index contributed by atoms with van der Waals surface area (Å²) >= 11 is 0. The molecule has 0 bridgehead atoms. The fourth-order valence-electron chi connectivity index (χ4n) is 4.16. The van der Waals surface area contributed by atoms with Crippen LogP contribution in [0, 0.1) is 6.92 Å². The van der Waals surface area contributed by atoms with Gasteiger partial charge in [0.1, 0.15) is 23.9 Å². The quantitative estimate of drug-likeness (QED) is 0.0964. The number of hydrogen-bond donors (Lipinski definition) is 1. The minimum absolute atomic E-state index is 0.317. The first-order valence-corrected chi connectivity index (χ1v) is 13.0. The van der Waals surface area contributed by atoms with Crippen molar-refractivity contribution in [1.29, 1.82) is 0 Å². The average Bonchev–Trinajstić information content (AvgIpc) is 3.01. The van der Waals surface area contributed by atoms with Crippen molar-refractivity contribution < 1.29 is 23.8 Å². The predicted molar refractivity (Wildman–Crippen MR) is 159 cm³/mol. The molecule has 0 saturated carbocycles. The molecule has 0 heterocycles. The molecule has 0 atom stereocenters. The lowest BCUT2D eigenvalue weighted by Crippen LogP contribution is -2.17. The van der Waals surface area contributed by atoms with Gasteiger partial charge in [-0.25, -0.2) is 10.2 Å². The SMILES string of the molecule is COc1ccc(C(=O)Oc2ccc3ccccc3c2/C=N/NC(=O)c2ccc(OCc3ccc(C)cc3)cc2)cc1. The largest absolute Gasteiger partial charge is 0.497 e. The summed E-state index contributed by atoms with van der Waals surface area (Å²) in [6.45, 7) is 2.48. The van der Waals surface area contributed by atoms with E-state index in [1.54, 1.807) is 61.7 Å². The van der Waals surface area contributed by atoms with Crippen molar-refractivity contribution in [3.8, 4) is 17.2 Å². The number of fused-ring (bicyclic) bond motifs is 1. The lowest BCUT2D eigenvalue weighted by atomic mass is 10.0. The number of benzene rings is 5. The zero-order valence-corrected chi connectivity index (χ0v) is 22.7. The molecule has 0 radical (unpaired) electrons. The molecule has 0 spiro atoms. The topological polar surface area (TPSA) is 86.2 Å². The van der Waals surface area contributed by atoms with E-state index < -0.39 is 5.97 Å². The van der Waals surface area contributed by atoms with Crippen LogP contribution in [0.4, 0.5) is 0 Å². The monoisotopic (exact) mass is 544 g/mol. The van der Waals surface area contributed by atoms with Crippen molar-refractivity contribution in [2.24, 2.45) is 5.10 Å². The van der Waals surface area contributed by atoms with Gasteiger partial charge in [-0.3, -0.25) is 4.79 Å². The molecule has 1 amide bonds. The van der Waals surface area contributed by atoms with Gasteiger partial charge in [0.15, 0.2) is 0 Å².